The van der Waals surface area contributed by atoms with E-state index in [1.165, 1.54) is 19.3 Å². The van der Waals surface area contributed by atoms with Crippen molar-refractivity contribution < 1.29 is 0 Å². The average Bonchev–Trinajstić information content (AvgIpc) is 2.31. The van der Waals surface area contributed by atoms with Crippen LogP contribution in [0.4, 0.5) is 0 Å². The van der Waals surface area contributed by atoms with Crippen LogP contribution in [0.15, 0.2) is 0 Å². The molecule has 72 valence electrons. The van der Waals surface area contributed by atoms with Gasteiger partial charge in [-0.3, -0.25) is 0 Å². The molecule has 0 aromatic heterocycles. The second-order valence-corrected chi connectivity index (χ2v) is 6.29. The Morgan fingerprint density at radius 1 is 1.42 bits per heavy atom. The van der Waals surface area contributed by atoms with Crippen molar-refractivity contribution in [3.05, 3.63) is 0 Å². The summed E-state index contributed by atoms with van der Waals surface area (Å²) in [6, 6.07) is 0. The smallest absolute Gasteiger partial charge is 0.00853 e. The summed E-state index contributed by atoms with van der Waals surface area (Å²) in [6.45, 7) is 9.57. The molecule has 1 atom stereocenters. The van der Waals surface area contributed by atoms with Gasteiger partial charge in [-0.25, -0.2) is 0 Å². The van der Waals surface area contributed by atoms with Crippen molar-refractivity contribution in [1.82, 2.24) is 0 Å². The molecule has 0 aliphatic heterocycles. The molecule has 0 radical (unpaired) electrons. The van der Waals surface area contributed by atoms with E-state index < -0.39 is 0 Å². The van der Waals surface area contributed by atoms with Crippen molar-refractivity contribution >= 4 is 15.9 Å². The van der Waals surface area contributed by atoms with Crippen LogP contribution in [0.1, 0.15) is 47.0 Å². The molecule has 1 saturated carbocycles. The molecule has 1 rings (SSSR count). The summed E-state index contributed by atoms with van der Waals surface area (Å²) in [5, 5.41) is 1.14. The van der Waals surface area contributed by atoms with Gasteiger partial charge in [-0.2, -0.15) is 0 Å². The maximum Gasteiger partial charge on any atom is 0.00853 e. The van der Waals surface area contributed by atoms with E-state index in [1.807, 2.05) is 0 Å². The minimum absolute atomic E-state index is 0.494. The fraction of sp³-hybridized carbons (Fsp3) is 1.00. The molecule has 0 heterocycles. The third kappa shape index (κ3) is 2.25. The summed E-state index contributed by atoms with van der Waals surface area (Å²) in [7, 11) is 0. The Labute approximate surface area is 85.3 Å². The SMILES string of the molecule is CC1(C)CCC(C(C)(C)CBr)C1. The molecule has 1 aliphatic rings. The van der Waals surface area contributed by atoms with Crippen molar-refractivity contribution in [2.24, 2.45) is 16.7 Å². The van der Waals surface area contributed by atoms with Crippen LogP contribution < -0.4 is 0 Å². The quantitative estimate of drug-likeness (QED) is 0.626. The summed E-state index contributed by atoms with van der Waals surface area (Å²) >= 11 is 3.62. The maximum atomic E-state index is 3.62. The highest BCUT2D eigenvalue weighted by Crippen LogP contribution is 2.48. The minimum atomic E-state index is 0.494. The van der Waals surface area contributed by atoms with Crippen molar-refractivity contribution in [1.29, 1.82) is 0 Å². The van der Waals surface area contributed by atoms with Crippen molar-refractivity contribution in [2.45, 2.75) is 47.0 Å². The Bertz CT molecular complexity index is 158. The Kier molecular flexibility index (Phi) is 2.92. The molecule has 0 aromatic carbocycles. The lowest BCUT2D eigenvalue weighted by molar-refractivity contribution is 0.231. The fourth-order valence-corrected chi connectivity index (χ4v) is 2.67. The predicted octanol–water partition coefficient (Wildman–Crippen LogP) is 4.23. The molecule has 1 unspecified atom stereocenters. The molecule has 0 nitrogen and oxygen atoms in total. The average molecular weight is 233 g/mol. The Morgan fingerprint density at radius 2 is 2.00 bits per heavy atom. The van der Waals surface area contributed by atoms with Crippen molar-refractivity contribution in [2.75, 3.05) is 5.33 Å². The van der Waals surface area contributed by atoms with Crippen LogP contribution in [-0.4, -0.2) is 5.33 Å². The molecule has 0 amide bonds. The monoisotopic (exact) mass is 232 g/mol. The first-order valence-corrected chi connectivity index (χ1v) is 6.05. The summed E-state index contributed by atoms with van der Waals surface area (Å²) in [4.78, 5) is 0. The van der Waals surface area contributed by atoms with Crippen molar-refractivity contribution in [3.8, 4) is 0 Å². The number of alkyl halides is 1. The van der Waals surface area contributed by atoms with Crippen LogP contribution in [0.25, 0.3) is 0 Å². The minimum Gasteiger partial charge on any atom is -0.0922 e. The fourth-order valence-electron chi connectivity index (χ4n) is 2.21. The third-order valence-corrected chi connectivity index (χ3v) is 4.86. The van der Waals surface area contributed by atoms with Gasteiger partial charge in [0.1, 0.15) is 0 Å². The number of hydrogen-bond donors (Lipinski definition) is 0. The maximum absolute atomic E-state index is 3.62. The van der Waals surface area contributed by atoms with E-state index in [4.69, 9.17) is 0 Å². The number of halogens is 1. The van der Waals surface area contributed by atoms with E-state index in [0.29, 0.717) is 10.8 Å². The van der Waals surface area contributed by atoms with Gasteiger partial charge in [-0.1, -0.05) is 43.6 Å². The molecule has 1 fully saturated rings. The Balaban J connectivity index is 2.58. The zero-order valence-electron chi connectivity index (χ0n) is 8.78. The van der Waals surface area contributed by atoms with Gasteiger partial charge in [-0.05, 0) is 36.0 Å². The Morgan fingerprint density at radius 3 is 2.33 bits per heavy atom. The summed E-state index contributed by atoms with van der Waals surface area (Å²) in [6.07, 6.45) is 4.24. The topological polar surface area (TPSA) is 0 Å². The first-order valence-electron chi connectivity index (χ1n) is 4.93. The molecule has 12 heavy (non-hydrogen) atoms. The normalized spacial score (nSPS) is 29.2. The van der Waals surface area contributed by atoms with Crippen LogP contribution in [0.5, 0.6) is 0 Å². The van der Waals surface area contributed by atoms with Gasteiger partial charge < -0.3 is 0 Å². The lowest BCUT2D eigenvalue weighted by atomic mass is 9.77. The van der Waals surface area contributed by atoms with Gasteiger partial charge in [0.2, 0.25) is 0 Å². The number of hydrogen-bond acceptors (Lipinski definition) is 0. The lowest BCUT2D eigenvalue weighted by Gasteiger charge is -2.30. The van der Waals surface area contributed by atoms with Crippen LogP contribution in [-0.2, 0) is 0 Å². The molecule has 1 aliphatic carbocycles. The van der Waals surface area contributed by atoms with Gasteiger partial charge in [0.05, 0.1) is 0 Å². The van der Waals surface area contributed by atoms with Crippen LogP contribution in [0, 0.1) is 16.7 Å². The van der Waals surface area contributed by atoms with Gasteiger partial charge >= 0.3 is 0 Å². The third-order valence-electron chi connectivity index (χ3n) is 3.42. The van der Waals surface area contributed by atoms with Gasteiger partial charge in [0.15, 0.2) is 0 Å². The van der Waals surface area contributed by atoms with Crippen LogP contribution in [0.2, 0.25) is 0 Å². The predicted molar refractivity (Wildman–Crippen MR) is 58.7 cm³/mol. The molecule has 0 spiro atoms. The molecule has 0 saturated heterocycles. The van der Waals surface area contributed by atoms with E-state index in [9.17, 15) is 0 Å². The highest BCUT2D eigenvalue weighted by atomic mass is 79.9. The largest absolute Gasteiger partial charge is 0.0922 e. The zero-order valence-corrected chi connectivity index (χ0v) is 10.4. The van der Waals surface area contributed by atoms with Crippen molar-refractivity contribution in [3.63, 3.8) is 0 Å². The van der Waals surface area contributed by atoms with E-state index in [1.54, 1.807) is 0 Å². The van der Waals surface area contributed by atoms with Gasteiger partial charge in [0.25, 0.3) is 0 Å². The summed E-state index contributed by atoms with van der Waals surface area (Å²) in [5.74, 6) is 0.923. The highest BCUT2D eigenvalue weighted by molar-refractivity contribution is 9.09. The standard InChI is InChI=1S/C11H21Br/c1-10(2)6-5-9(7-10)11(3,4)8-12/h9H,5-8H2,1-4H3. The first-order chi connectivity index (χ1) is 5.37. The molecule has 0 N–H and O–H groups in total. The summed E-state index contributed by atoms with van der Waals surface area (Å²) in [5.41, 5.74) is 1.10. The second-order valence-electron chi connectivity index (χ2n) is 5.73. The molecular formula is C11H21Br. The molecule has 0 bridgehead atoms. The molecular weight excluding hydrogens is 212 g/mol. The van der Waals surface area contributed by atoms with E-state index in [2.05, 4.69) is 43.6 Å². The van der Waals surface area contributed by atoms with Crippen LogP contribution >= 0.6 is 15.9 Å². The van der Waals surface area contributed by atoms with E-state index >= 15 is 0 Å². The number of rotatable bonds is 2. The van der Waals surface area contributed by atoms with Gasteiger partial charge in [-0.15, -0.1) is 0 Å². The van der Waals surface area contributed by atoms with Crippen LogP contribution in [0.3, 0.4) is 0 Å². The molecule has 1 heteroatoms. The Hall–Kier alpha value is 0.480. The first kappa shape index (κ1) is 10.6. The van der Waals surface area contributed by atoms with Gasteiger partial charge in [0, 0.05) is 5.33 Å². The van der Waals surface area contributed by atoms with E-state index in [0.717, 1.165) is 11.2 Å². The highest BCUT2D eigenvalue weighted by Gasteiger charge is 2.38. The molecule has 0 aromatic rings. The second kappa shape index (κ2) is 3.32. The lowest BCUT2D eigenvalue weighted by Crippen LogP contribution is -2.24. The zero-order chi connectivity index (χ0) is 9.41. The van der Waals surface area contributed by atoms with E-state index in [-0.39, 0.29) is 0 Å². The summed E-state index contributed by atoms with van der Waals surface area (Å²) < 4.78 is 0.